The maximum atomic E-state index is 14.3. The van der Waals surface area contributed by atoms with Crippen LogP contribution in [0.1, 0.15) is 67.3 Å². The number of ketones is 1. The van der Waals surface area contributed by atoms with Crippen molar-refractivity contribution in [3.63, 3.8) is 0 Å². The van der Waals surface area contributed by atoms with Crippen LogP contribution in [-0.2, 0) is 84.5 Å². The summed E-state index contributed by atoms with van der Waals surface area (Å²) in [5, 5.41) is 54.3. The molecule has 0 spiro atoms. The Morgan fingerprint density at radius 1 is 1.01 bits per heavy atom. The van der Waals surface area contributed by atoms with Gasteiger partial charge in [-0.3, -0.25) is 19.3 Å². The van der Waals surface area contributed by atoms with Gasteiger partial charge in [0, 0.05) is 48.6 Å². The van der Waals surface area contributed by atoms with Crippen LogP contribution in [0.2, 0.25) is 0 Å². The number of hydrogen-bond acceptors (Lipinski definition) is 19. The quantitative estimate of drug-likeness (QED) is 0.0263. The summed E-state index contributed by atoms with van der Waals surface area (Å²) in [4.78, 5) is 85.3. The number of sulfone groups is 1. The molecule has 390 valence electrons. The first-order chi connectivity index (χ1) is 34.7. The second-order valence-electron chi connectivity index (χ2n) is 17.5. The molecule has 7 rings (SSSR count). The van der Waals surface area contributed by atoms with Crippen molar-refractivity contribution in [1.82, 2.24) is 14.5 Å². The monoisotopic (exact) mass is 1030 g/mol. The van der Waals surface area contributed by atoms with Crippen LogP contribution in [0.25, 0.3) is 22.3 Å². The van der Waals surface area contributed by atoms with E-state index in [0.29, 0.717) is 23.3 Å². The lowest BCUT2D eigenvalue weighted by atomic mass is 9.85. The van der Waals surface area contributed by atoms with Gasteiger partial charge in [-0.15, -0.1) is 6.42 Å². The van der Waals surface area contributed by atoms with Crippen molar-refractivity contribution in [3.05, 3.63) is 80.6 Å². The van der Waals surface area contributed by atoms with Crippen molar-refractivity contribution in [2.45, 2.75) is 102 Å². The topological polar surface area (TPSA) is 326 Å². The van der Waals surface area contributed by atoms with E-state index in [4.69, 9.17) is 39.8 Å². The van der Waals surface area contributed by atoms with E-state index >= 15 is 0 Å². The number of aliphatic hydroxyl groups excluding tert-OH is 3. The standard InChI is InChI=1S/C49H54N4O19S/c1-5-16-67-17-14-27(54)10-13-38(56)50-35-19-26(8-12-37(35)71-46-42(59)40(57)41(58)43(72-46)45(61)62)23-69-48(64)52(15-18-73(4,65)66)25-70-49(7-3)33-21-36-39-31(22-53(36)44(60)32(33)24-68-47(49)63)29(6-2)30-20-28(55)9-11-34(30)51-39/h1,8-9,11-12,19-21,40-43,46,55,57-59H,6-7,10,13-18,22-25H2,2-4H3,(H,50,56)(H,61,62)/t40-,41-,42+,43-,46+,49-/m0/s1. The number of anilines is 1. The molecule has 0 radical (unpaired) electrons. The van der Waals surface area contributed by atoms with Crippen LogP contribution in [0.3, 0.4) is 0 Å². The van der Waals surface area contributed by atoms with Gasteiger partial charge in [0.15, 0.2) is 11.7 Å². The first-order valence-electron chi connectivity index (χ1n) is 23.1. The third-order valence-electron chi connectivity index (χ3n) is 12.6. The van der Waals surface area contributed by atoms with E-state index in [-0.39, 0.29) is 91.7 Å². The molecule has 23 nitrogen and oxygen atoms in total. The number of cyclic esters (lactones) is 1. The Bertz CT molecular complexity index is 3040. The van der Waals surface area contributed by atoms with Crippen molar-refractivity contribution >= 4 is 56.1 Å². The van der Waals surface area contributed by atoms with E-state index in [0.717, 1.165) is 27.7 Å². The Labute approximate surface area is 417 Å². The summed E-state index contributed by atoms with van der Waals surface area (Å²) in [7, 11) is -3.72. The van der Waals surface area contributed by atoms with E-state index in [1.165, 1.54) is 28.8 Å². The van der Waals surface area contributed by atoms with Crippen LogP contribution in [0, 0.1) is 12.3 Å². The summed E-state index contributed by atoms with van der Waals surface area (Å²) in [6, 6.07) is 10.3. The first-order valence-corrected chi connectivity index (χ1v) is 25.1. The van der Waals surface area contributed by atoms with Crippen molar-refractivity contribution < 1.29 is 86.3 Å². The number of carbonyl (C=O) groups excluding carboxylic acids is 4. The molecule has 2 amide bonds. The number of pyridine rings is 2. The van der Waals surface area contributed by atoms with Gasteiger partial charge in [-0.2, -0.15) is 0 Å². The molecule has 6 atom stereocenters. The SMILES string of the molecule is C#CCOCCC(=O)CCC(=O)Nc1cc(COC(=O)N(CCS(C)(=O)=O)CO[C@]2(CC)C(=O)OCc3c2cc2n(c3=O)Cc3c-2nc2ccc(O)cc2c3CC)ccc1O[C@@H]1O[C@H](C(=O)O)[C@@H](O)[C@H](O)[C@H]1O. The molecule has 73 heavy (non-hydrogen) atoms. The Hall–Kier alpha value is -6.98. The predicted molar refractivity (Wildman–Crippen MR) is 254 cm³/mol. The number of hydrogen-bond donors (Lipinski definition) is 6. The molecule has 0 unspecified atom stereocenters. The van der Waals surface area contributed by atoms with E-state index in [1.54, 1.807) is 25.1 Å². The number of terminal acetylenes is 1. The molecule has 5 heterocycles. The fraction of sp³-hybridized carbons (Fsp3) is 0.449. The number of aromatic hydroxyl groups is 1. The number of ether oxygens (including phenoxy) is 6. The number of fused-ring (bicyclic) bond motifs is 5. The molecule has 0 aliphatic carbocycles. The maximum absolute atomic E-state index is 14.3. The number of phenolic OH excluding ortho intramolecular Hbond substituents is 1. The molecule has 3 aliphatic heterocycles. The molecule has 3 aliphatic rings. The number of amides is 2. The number of rotatable bonds is 21. The van der Waals surface area contributed by atoms with Gasteiger partial charge in [-0.25, -0.2) is 27.8 Å². The smallest absolute Gasteiger partial charge is 0.411 e. The van der Waals surface area contributed by atoms with Gasteiger partial charge in [0.1, 0.15) is 72.0 Å². The molecular weight excluding hydrogens is 981 g/mol. The number of carbonyl (C=O) groups is 5. The average molecular weight is 1040 g/mol. The summed E-state index contributed by atoms with van der Waals surface area (Å²) in [6.07, 6.45) is -5.12. The highest BCUT2D eigenvalue weighted by Crippen LogP contribution is 2.42. The number of aliphatic hydroxyl groups is 3. The van der Waals surface area contributed by atoms with Crippen LogP contribution in [0.5, 0.6) is 11.5 Å². The minimum Gasteiger partial charge on any atom is -0.508 e. The highest BCUT2D eigenvalue weighted by Gasteiger charge is 2.50. The number of aryl methyl sites for hydroxylation is 1. The summed E-state index contributed by atoms with van der Waals surface area (Å²) < 4.78 is 59.9. The molecule has 0 saturated carbocycles. The zero-order valence-corrected chi connectivity index (χ0v) is 40.7. The van der Waals surface area contributed by atoms with Crippen LogP contribution in [0.4, 0.5) is 10.5 Å². The Kier molecular flexibility index (Phi) is 16.5. The third-order valence-corrected chi connectivity index (χ3v) is 13.6. The molecule has 4 aromatic rings. The second kappa shape index (κ2) is 22.4. The van der Waals surface area contributed by atoms with E-state index in [2.05, 4.69) is 11.2 Å². The summed E-state index contributed by atoms with van der Waals surface area (Å²) in [5.41, 5.74) is 0.958. The molecule has 1 fully saturated rings. The number of Topliss-reactive ketones (excluding diaryl/α,β-unsaturated/α-hetero) is 1. The van der Waals surface area contributed by atoms with Crippen LogP contribution in [0.15, 0.2) is 47.3 Å². The number of aliphatic carboxylic acids is 1. The third kappa shape index (κ3) is 11.6. The predicted octanol–water partition coefficient (Wildman–Crippen LogP) is 1.61. The van der Waals surface area contributed by atoms with Gasteiger partial charge in [0.05, 0.1) is 47.1 Å². The van der Waals surface area contributed by atoms with Crippen molar-refractivity contribution in [1.29, 1.82) is 0 Å². The van der Waals surface area contributed by atoms with Crippen LogP contribution >= 0.6 is 0 Å². The minimum absolute atomic E-state index is 0.00523. The van der Waals surface area contributed by atoms with Gasteiger partial charge < -0.3 is 63.8 Å². The highest BCUT2D eigenvalue weighted by molar-refractivity contribution is 7.90. The van der Waals surface area contributed by atoms with Gasteiger partial charge in [0.25, 0.3) is 5.56 Å². The molecule has 24 heteroatoms. The lowest BCUT2D eigenvalue weighted by Gasteiger charge is -2.38. The number of nitrogens with one attached hydrogen (secondary N) is 1. The fourth-order valence-electron chi connectivity index (χ4n) is 8.74. The highest BCUT2D eigenvalue weighted by atomic mass is 32.2. The van der Waals surface area contributed by atoms with Crippen molar-refractivity contribution in [3.8, 4) is 35.2 Å². The van der Waals surface area contributed by atoms with Crippen molar-refractivity contribution in [2.24, 2.45) is 0 Å². The number of benzene rings is 2. The number of carboxylic acids is 1. The lowest BCUT2D eigenvalue weighted by Crippen LogP contribution is -2.61. The number of nitrogens with zero attached hydrogens (tertiary/aromatic N) is 3. The number of carboxylic acid groups (broad SMARTS) is 1. The zero-order valence-electron chi connectivity index (χ0n) is 39.9. The Balaban J connectivity index is 1.14. The molecular formula is C49H54N4O19S. The summed E-state index contributed by atoms with van der Waals surface area (Å²) >= 11 is 0. The van der Waals surface area contributed by atoms with Gasteiger partial charge >= 0.3 is 18.0 Å². The number of phenols is 1. The minimum atomic E-state index is -3.72. The van der Waals surface area contributed by atoms with E-state index in [9.17, 15) is 62.7 Å². The largest absolute Gasteiger partial charge is 0.508 e. The molecule has 2 aromatic heterocycles. The number of aromatic nitrogens is 2. The second-order valence-corrected chi connectivity index (χ2v) is 19.8. The maximum Gasteiger partial charge on any atom is 0.411 e. The number of esters is 1. The molecule has 2 aromatic carbocycles. The van der Waals surface area contributed by atoms with Gasteiger partial charge in [0.2, 0.25) is 12.2 Å². The van der Waals surface area contributed by atoms with Gasteiger partial charge in [-0.1, -0.05) is 25.8 Å². The zero-order chi connectivity index (χ0) is 52.9. The normalized spacial score (nSPS) is 21.0. The Morgan fingerprint density at radius 3 is 2.48 bits per heavy atom. The molecule has 6 N–H and O–H groups in total. The van der Waals surface area contributed by atoms with Crippen LogP contribution < -0.4 is 15.6 Å². The molecule has 1 saturated heterocycles. The van der Waals surface area contributed by atoms with E-state index < -0.39 is 101 Å². The van der Waals surface area contributed by atoms with Gasteiger partial charge in [-0.05, 0) is 60.4 Å². The average Bonchev–Trinajstić information content (AvgIpc) is 3.72. The Morgan fingerprint density at radius 2 is 1.78 bits per heavy atom. The molecule has 0 bridgehead atoms. The van der Waals surface area contributed by atoms with E-state index in [1.807, 2.05) is 6.92 Å². The lowest BCUT2D eigenvalue weighted by molar-refractivity contribution is -0.271. The summed E-state index contributed by atoms with van der Waals surface area (Å²) in [6.45, 7) is 1.56. The van der Waals surface area contributed by atoms with Crippen molar-refractivity contribution in [2.75, 3.05) is 43.8 Å². The first kappa shape index (κ1) is 53.8. The fourth-order valence-corrected chi connectivity index (χ4v) is 9.29. The summed E-state index contributed by atoms with van der Waals surface area (Å²) in [5.74, 6) is -2.09. The van der Waals surface area contributed by atoms with Crippen LogP contribution in [-0.4, -0.2) is 147 Å².